The van der Waals surface area contributed by atoms with Gasteiger partial charge >= 0.3 is 0 Å². The molecule has 0 spiro atoms. The second-order valence-corrected chi connectivity index (χ2v) is 6.24. The maximum Gasteiger partial charge on any atom is 0.250 e. The first-order valence-electron chi connectivity index (χ1n) is 9.14. The van der Waals surface area contributed by atoms with Crippen LogP contribution in [0.25, 0.3) is 0 Å². The monoisotopic (exact) mass is 369 g/mol. The number of nitrogens with zero attached hydrogens (tertiary/aromatic N) is 6. The minimum absolute atomic E-state index is 0.431. The van der Waals surface area contributed by atoms with Gasteiger partial charge in [0.15, 0.2) is 0 Å². The minimum atomic E-state index is 0.431. The fourth-order valence-electron chi connectivity index (χ4n) is 2.92. The number of rotatable bonds is 5. The van der Waals surface area contributed by atoms with Crippen LogP contribution in [0.2, 0.25) is 0 Å². The summed E-state index contributed by atoms with van der Waals surface area (Å²) < 4.78 is 10.9. The van der Waals surface area contributed by atoms with E-state index < -0.39 is 0 Å². The standard InChI is InChI=1S/C18H23N7O2/c1-2-4-15(5-3-1)14-19-23-16-20-17(24-6-10-26-11-7-24)22-18(21-16)25-8-12-27-13-9-25/h1-5,14H,6-13H2,(H,20,21,22,23)/b19-14+. The van der Waals surface area contributed by atoms with E-state index in [1.807, 2.05) is 30.3 Å². The highest BCUT2D eigenvalue weighted by Gasteiger charge is 2.20. The molecule has 2 aliphatic heterocycles. The van der Waals surface area contributed by atoms with Gasteiger partial charge in [-0.15, -0.1) is 0 Å². The summed E-state index contributed by atoms with van der Waals surface area (Å²) in [6.45, 7) is 5.75. The average Bonchev–Trinajstić information content (AvgIpc) is 2.76. The molecule has 2 saturated heterocycles. The number of nitrogens with one attached hydrogen (secondary N) is 1. The van der Waals surface area contributed by atoms with Gasteiger partial charge in [0.2, 0.25) is 17.8 Å². The first-order valence-corrected chi connectivity index (χ1v) is 9.14. The van der Waals surface area contributed by atoms with Crippen LogP contribution in [0.15, 0.2) is 35.4 Å². The summed E-state index contributed by atoms with van der Waals surface area (Å²) in [6, 6.07) is 9.88. The lowest BCUT2D eigenvalue weighted by atomic mass is 10.2. The van der Waals surface area contributed by atoms with Gasteiger partial charge in [0.1, 0.15) is 0 Å². The lowest BCUT2D eigenvalue weighted by molar-refractivity contribution is 0.121. The topological polar surface area (TPSA) is 88.0 Å². The molecule has 27 heavy (non-hydrogen) atoms. The Labute approximate surface area is 158 Å². The summed E-state index contributed by atoms with van der Waals surface area (Å²) in [6.07, 6.45) is 1.74. The molecule has 0 saturated carbocycles. The van der Waals surface area contributed by atoms with Gasteiger partial charge < -0.3 is 19.3 Å². The van der Waals surface area contributed by atoms with E-state index in [2.05, 4.69) is 35.3 Å². The van der Waals surface area contributed by atoms with Crippen LogP contribution in [-0.2, 0) is 9.47 Å². The van der Waals surface area contributed by atoms with Crippen LogP contribution in [0.5, 0.6) is 0 Å². The highest BCUT2D eigenvalue weighted by Crippen LogP contribution is 2.18. The first-order chi connectivity index (χ1) is 13.4. The van der Waals surface area contributed by atoms with Crippen molar-refractivity contribution >= 4 is 24.1 Å². The molecule has 0 unspecified atom stereocenters. The van der Waals surface area contributed by atoms with E-state index in [0.29, 0.717) is 44.3 Å². The molecular weight excluding hydrogens is 346 g/mol. The molecule has 0 amide bonds. The molecule has 2 fully saturated rings. The second-order valence-electron chi connectivity index (χ2n) is 6.24. The van der Waals surface area contributed by atoms with Crippen molar-refractivity contribution in [2.24, 2.45) is 5.10 Å². The Morgan fingerprint density at radius 3 is 1.93 bits per heavy atom. The Morgan fingerprint density at radius 1 is 0.815 bits per heavy atom. The highest BCUT2D eigenvalue weighted by atomic mass is 16.5. The molecule has 0 bridgehead atoms. The predicted octanol–water partition coefficient (Wildman–Crippen LogP) is 0.991. The normalized spacial score (nSPS) is 18.1. The molecule has 9 nitrogen and oxygen atoms in total. The van der Waals surface area contributed by atoms with Crippen LogP contribution in [0.3, 0.4) is 0 Å². The lowest BCUT2D eigenvalue weighted by Gasteiger charge is -2.30. The Balaban J connectivity index is 1.55. The molecule has 0 radical (unpaired) electrons. The molecule has 142 valence electrons. The Kier molecular flexibility index (Phi) is 5.70. The van der Waals surface area contributed by atoms with Crippen molar-refractivity contribution in [2.45, 2.75) is 0 Å². The molecule has 0 atom stereocenters. The van der Waals surface area contributed by atoms with Crippen LogP contribution < -0.4 is 15.2 Å². The maximum absolute atomic E-state index is 5.43. The molecule has 3 heterocycles. The third-order valence-electron chi connectivity index (χ3n) is 4.38. The van der Waals surface area contributed by atoms with Crippen LogP contribution in [0.1, 0.15) is 5.56 Å². The number of aromatic nitrogens is 3. The van der Waals surface area contributed by atoms with E-state index in [0.717, 1.165) is 31.7 Å². The summed E-state index contributed by atoms with van der Waals surface area (Å²) >= 11 is 0. The molecule has 2 aromatic rings. The van der Waals surface area contributed by atoms with E-state index >= 15 is 0 Å². The smallest absolute Gasteiger partial charge is 0.250 e. The zero-order valence-electron chi connectivity index (χ0n) is 15.1. The van der Waals surface area contributed by atoms with Gasteiger partial charge in [-0.05, 0) is 5.56 Å². The molecule has 1 aromatic carbocycles. The van der Waals surface area contributed by atoms with Crippen molar-refractivity contribution in [1.82, 2.24) is 15.0 Å². The summed E-state index contributed by atoms with van der Waals surface area (Å²) in [7, 11) is 0. The molecule has 1 N–H and O–H groups in total. The van der Waals surface area contributed by atoms with Crippen molar-refractivity contribution in [1.29, 1.82) is 0 Å². The van der Waals surface area contributed by atoms with E-state index in [-0.39, 0.29) is 0 Å². The lowest BCUT2D eigenvalue weighted by Crippen LogP contribution is -2.40. The van der Waals surface area contributed by atoms with Gasteiger partial charge in [0, 0.05) is 26.2 Å². The van der Waals surface area contributed by atoms with Gasteiger partial charge in [0.05, 0.1) is 32.6 Å². The van der Waals surface area contributed by atoms with Gasteiger partial charge in [-0.25, -0.2) is 5.43 Å². The second kappa shape index (κ2) is 8.74. The van der Waals surface area contributed by atoms with Crippen molar-refractivity contribution in [2.75, 3.05) is 67.8 Å². The molecular formula is C18H23N7O2. The van der Waals surface area contributed by atoms with Crippen molar-refractivity contribution < 1.29 is 9.47 Å². The number of hydrazone groups is 1. The third kappa shape index (κ3) is 4.69. The van der Waals surface area contributed by atoms with E-state index in [1.54, 1.807) is 6.21 Å². The van der Waals surface area contributed by atoms with Crippen LogP contribution in [0, 0.1) is 0 Å². The summed E-state index contributed by atoms with van der Waals surface area (Å²) in [5, 5.41) is 4.27. The fraction of sp³-hybridized carbons (Fsp3) is 0.444. The van der Waals surface area contributed by atoms with Gasteiger partial charge in [-0.2, -0.15) is 20.1 Å². The maximum atomic E-state index is 5.43. The highest BCUT2D eigenvalue weighted by molar-refractivity contribution is 5.79. The largest absolute Gasteiger partial charge is 0.378 e. The summed E-state index contributed by atoms with van der Waals surface area (Å²) in [5.74, 6) is 1.72. The van der Waals surface area contributed by atoms with Crippen molar-refractivity contribution in [3.05, 3.63) is 35.9 Å². The third-order valence-corrected chi connectivity index (χ3v) is 4.38. The zero-order chi connectivity index (χ0) is 18.3. The quantitative estimate of drug-likeness (QED) is 0.617. The Bertz CT molecular complexity index is 723. The fourth-order valence-corrected chi connectivity index (χ4v) is 2.92. The van der Waals surface area contributed by atoms with Crippen LogP contribution in [0.4, 0.5) is 17.8 Å². The Morgan fingerprint density at radius 2 is 1.37 bits per heavy atom. The molecule has 9 heteroatoms. The number of anilines is 3. The van der Waals surface area contributed by atoms with Crippen LogP contribution in [-0.4, -0.2) is 73.8 Å². The van der Waals surface area contributed by atoms with Crippen molar-refractivity contribution in [3.63, 3.8) is 0 Å². The summed E-state index contributed by atoms with van der Waals surface area (Å²) in [4.78, 5) is 18.0. The molecule has 4 rings (SSSR count). The number of morpholine rings is 2. The number of ether oxygens (including phenoxy) is 2. The predicted molar refractivity (Wildman–Crippen MR) is 104 cm³/mol. The van der Waals surface area contributed by atoms with Gasteiger partial charge in [0.25, 0.3) is 0 Å². The Hall–Kier alpha value is -2.78. The van der Waals surface area contributed by atoms with E-state index in [9.17, 15) is 0 Å². The number of hydrogen-bond acceptors (Lipinski definition) is 9. The van der Waals surface area contributed by atoms with E-state index in [1.165, 1.54) is 0 Å². The molecule has 1 aromatic heterocycles. The zero-order valence-corrected chi connectivity index (χ0v) is 15.1. The number of benzene rings is 1. The van der Waals surface area contributed by atoms with Gasteiger partial charge in [-0.1, -0.05) is 30.3 Å². The minimum Gasteiger partial charge on any atom is -0.378 e. The van der Waals surface area contributed by atoms with Crippen molar-refractivity contribution in [3.8, 4) is 0 Å². The SMILES string of the molecule is C(=N\Nc1nc(N2CCOCC2)nc(N2CCOCC2)n1)/c1ccccc1. The molecule has 0 aliphatic carbocycles. The summed E-state index contributed by atoms with van der Waals surface area (Å²) in [5.41, 5.74) is 3.94. The van der Waals surface area contributed by atoms with Gasteiger partial charge in [-0.3, -0.25) is 0 Å². The first kappa shape index (κ1) is 17.6. The van der Waals surface area contributed by atoms with E-state index in [4.69, 9.17) is 9.47 Å². The number of hydrogen-bond donors (Lipinski definition) is 1. The van der Waals surface area contributed by atoms with Crippen LogP contribution >= 0.6 is 0 Å². The average molecular weight is 369 g/mol. The molecule has 2 aliphatic rings.